The fraction of sp³-hybridized carbons (Fsp3) is 0.357. The first-order chi connectivity index (χ1) is 14.1. The van der Waals surface area contributed by atoms with Gasteiger partial charge in [-0.3, -0.25) is 9.97 Å². The highest BCUT2D eigenvalue weighted by Crippen LogP contribution is 2.50. The van der Waals surface area contributed by atoms with E-state index in [-0.39, 0.29) is 10.8 Å². The van der Waals surface area contributed by atoms with Crippen LogP contribution in [0.15, 0.2) is 42.6 Å². The molecule has 0 N–H and O–H groups in total. The minimum Gasteiger partial charge on any atom is -0.258 e. The van der Waals surface area contributed by atoms with Gasteiger partial charge >= 0.3 is 0 Å². The van der Waals surface area contributed by atoms with E-state index in [1.807, 2.05) is 6.20 Å². The monoisotopic (exact) mass is 394 g/mol. The second-order valence-corrected chi connectivity index (χ2v) is 10.7. The molecule has 0 saturated heterocycles. The Morgan fingerprint density at radius 3 is 2.43 bits per heavy atom. The highest BCUT2D eigenvalue weighted by Gasteiger charge is 2.36. The first-order valence-electron chi connectivity index (χ1n) is 10.9. The quantitative estimate of drug-likeness (QED) is 0.338. The molecule has 0 spiro atoms. The van der Waals surface area contributed by atoms with Gasteiger partial charge in [0.2, 0.25) is 0 Å². The van der Waals surface area contributed by atoms with Crippen molar-refractivity contribution in [1.82, 2.24) is 9.97 Å². The van der Waals surface area contributed by atoms with Crippen LogP contribution in [-0.4, -0.2) is 9.97 Å². The lowest BCUT2D eigenvalue weighted by Crippen LogP contribution is -2.25. The molecule has 2 aromatic heterocycles. The maximum absolute atomic E-state index is 4.88. The van der Waals surface area contributed by atoms with Crippen molar-refractivity contribution < 1.29 is 0 Å². The summed E-state index contributed by atoms with van der Waals surface area (Å²) in [5.41, 5.74) is 8.88. The van der Waals surface area contributed by atoms with Crippen molar-refractivity contribution in [3.05, 3.63) is 70.7 Å². The van der Waals surface area contributed by atoms with Crippen molar-refractivity contribution in [2.24, 2.45) is 5.41 Å². The summed E-state index contributed by atoms with van der Waals surface area (Å²) >= 11 is 0. The molecule has 2 nitrogen and oxygen atoms in total. The summed E-state index contributed by atoms with van der Waals surface area (Å²) < 4.78 is 0. The molecule has 152 valence electrons. The first kappa shape index (κ1) is 19.2. The van der Waals surface area contributed by atoms with Gasteiger partial charge in [-0.15, -0.1) is 0 Å². The normalized spacial score (nSPS) is 14.9. The van der Waals surface area contributed by atoms with E-state index in [4.69, 9.17) is 9.97 Å². The molecule has 4 aromatic rings. The molecular weight excluding hydrogens is 364 g/mol. The zero-order valence-electron chi connectivity index (χ0n) is 19.1. The first-order valence-corrected chi connectivity index (χ1v) is 10.9. The van der Waals surface area contributed by atoms with Crippen molar-refractivity contribution >= 4 is 21.5 Å². The molecule has 1 aliphatic rings. The zero-order chi connectivity index (χ0) is 21.4. The summed E-state index contributed by atoms with van der Waals surface area (Å²) in [5, 5.41) is 5.18. The van der Waals surface area contributed by atoms with E-state index >= 15 is 0 Å². The van der Waals surface area contributed by atoms with Crippen molar-refractivity contribution in [2.75, 3.05) is 0 Å². The van der Waals surface area contributed by atoms with Crippen LogP contribution < -0.4 is 0 Å². The summed E-state index contributed by atoms with van der Waals surface area (Å²) in [5.74, 6) is 0. The predicted molar refractivity (Wildman–Crippen MR) is 127 cm³/mol. The molecule has 0 amide bonds. The lowest BCUT2D eigenvalue weighted by Gasteiger charge is -2.36. The van der Waals surface area contributed by atoms with Gasteiger partial charge in [0.1, 0.15) is 0 Å². The number of aromatic nitrogens is 2. The molecular formula is C28H30N2. The average molecular weight is 395 g/mol. The van der Waals surface area contributed by atoms with Gasteiger partial charge < -0.3 is 0 Å². The van der Waals surface area contributed by atoms with Crippen LogP contribution in [0.2, 0.25) is 0 Å². The second kappa shape index (κ2) is 6.14. The van der Waals surface area contributed by atoms with E-state index in [0.29, 0.717) is 0 Å². The molecule has 0 unspecified atom stereocenters. The lowest BCUT2D eigenvalue weighted by molar-refractivity contribution is 0.411. The van der Waals surface area contributed by atoms with Crippen LogP contribution in [0.3, 0.4) is 0 Å². The van der Waals surface area contributed by atoms with Crippen LogP contribution in [0, 0.1) is 19.3 Å². The Hall–Kier alpha value is -2.74. The Bertz CT molecular complexity index is 1340. The van der Waals surface area contributed by atoms with Crippen molar-refractivity contribution in [3.8, 4) is 11.3 Å². The Balaban J connectivity index is 1.92. The van der Waals surface area contributed by atoms with E-state index in [0.717, 1.165) is 23.5 Å². The van der Waals surface area contributed by atoms with Crippen LogP contribution in [-0.2, 0) is 11.8 Å². The fourth-order valence-corrected chi connectivity index (χ4v) is 5.45. The van der Waals surface area contributed by atoms with Gasteiger partial charge in [-0.1, -0.05) is 58.9 Å². The number of hydrogen-bond donors (Lipinski definition) is 0. The minimum atomic E-state index is -0.114. The maximum atomic E-state index is 4.88. The molecule has 1 aliphatic carbocycles. The van der Waals surface area contributed by atoms with Crippen molar-refractivity contribution in [1.29, 1.82) is 0 Å². The van der Waals surface area contributed by atoms with Crippen molar-refractivity contribution in [2.45, 2.75) is 60.3 Å². The smallest absolute Gasteiger partial charge is 0.0786 e. The summed E-state index contributed by atoms with van der Waals surface area (Å²) in [7, 11) is 0. The van der Waals surface area contributed by atoms with Gasteiger partial charge in [0.25, 0.3) is 0 Å². The Kier molecular flexibility index (Phi) is 3.93. The number of hydrogen-bond acceptors (Lipinski definition) is 2. The van der Waals surface area contributed by atoms with Crippen LogP contribution in [0.5, 0.6) is 0 Å². The number of rotatable bonds is 1. The van der Waals surface area contributed by atoms with Gasteiger partial charge in [0.15, 0.2) is 0 Å². The molecule has 0 aliphatic heterocycles. The van der Waals surface area contributed by atoms with Crippen molar-refractivity contribution in [3.63, 3.8) is 0 Å². The van der Waals surface area contributed by atoms with Crippen LogP contribution in [0.25, 0.3) is 32.8 Å². The number of aryl methyl sites for hydroxylation is 2. The fourth-order valence-electron chi connectivity index (χ4n) is 5.45. The Labute approximate surface area is 179 Å². The molecule has 0 bridgehead atoms. The lowest BCUT2D eigenvalue weighted by atomic mass is 9.67. The standard InChI is InChI=1S/C28H30N2/c1-16-12-22-20(17(2)30-16)8-9-21-25(22)28(6,7)23-14-18(15-27(3,4)5)13-19-10-11-29-26(21)24(19)23/h8-14H,15H2,1-7H3. The van der Waals surface area contributed by atoms with Crippen LogP contribution in [0.1, 0.15) is 62.7 Å². The largest absolute Gasteiger partial charge is 0.258 e. The van der Waals surface area contributed by atoms with E-state index in [1.165, 1.54) is 43.8 Å². The molecule has 2 aromatic carbocycles. The molecule has 2 heterocycles. The van der Waals surface area contributed by atoms with E-state index in [2.05, 4.69) is 84.9 Å². The van der Waals surface area contributed by atoms with Gasteiger partial charge in [0, 0.05) is 39.3 Å². The van der Waals surface area contributed by atoms with Gasteiger partial charge in [-0.05, 0) is 65.3 Å². The molecule has 30 heavy (non-hydrogen) atoms. The topological polar surface area (TPSA) is 25.8 Å². The number of pyridine rings is 2. The summed E-state index contributed by atoms with van der Waals surface area (Å²) in [6, 6.07) is 13.7. The minimum absolute atomic E-state index is 0.114. The molecule has 0 saturated carbocycles. The highest BCUT2D eigenvalue weighted by molar-refractivity contribution is 6.06. The number of fused-ring (bicyclic) bond motifs is 4. The maximum Gasteiger partial charge on any atom is 0.0786 e. The van der Waals surface area contributed by atoms with Gasteiger partial charge in [-0.2, -0.15) is 0 Å². The van der Waals surface area contributed by atoms with E-state index < -0.39 is 0 Å². The number of nitrogens with zero attached hydrogens (tertiary/aromatic N) is 2. The molecule has 0 atom stereocenters. The number of benzene rings is 2. The van der Waals surface area contributed by atoms with Crippen LogP contribution >= 0.6 is 0 Å². The molecule has 0 radical (unpaired) electrons. The van der Waals surface area contributed by atoms with Gasteiger partial charge in [0.05, 0.1) is 5.69 Å². The van der Waals surface area contributed by atoms with E-state index in [9.17, 15) is 0 Å². The summed E-state index contributed by atoms with van der Waals surface area (Å²) in [6.07, 6.45) is 3.03. The molecule has 5 rings (SSSR count). The molecule has 2 heteroatoms. The second-order valence-electron chi connectivity index (χ2n) is 10.7. The third-order valence-electron chi connectivity index (χ3n) is 6.54. The summed E-state index contributed by atoms with van der Waals surface area (Å²) in [4.78, 5) is 9.60. The highest BCUT2D eigenvalue weighted by atomic mass is 14.7. The van der Waals surface area contributed by atoms with Gasteiger partial charge in [-0.25, -0.2) is 0 Å². The Morgan fingerprint density at radius 2 is 1.70 bits per heavy atom. The average Bonchev–Trinajstić information content (AvgIpc) is 2.63. The Morgan fingerprint density at radius 1 is 0.933 bits per heavy atom. The van der Waals surface area contributed by atoms with Crippen LogP contribution in [0.4, 0.5) is 0 Å². The third-order valence-corrected chi connectivity index (χ3v) is 6.54. The predicted octanol–water partition coefficient (Wildman–Crippen LogP) is 7.29. The SMILES string of the molecule is Cc1cc2c3c(ccc2c(C)n1)-c1nccc2cc(CC(C)(C)C)cc(c12)C3(C)C. The van der Waals surface area contributed by atoms with E-state index in [1.54, 1.807) is 0 Å². The third kappa shape index (κ3) is 2.77. The summed E-state index contributed by atoms with van der Waals surface area (Å²) in [6.45, 7) is 15.9. The zero-order valence-corrected chi connectivity index (χ0v) is 19.1. The molecule has 0 fully saturated rings.